The van der Waals surface area contributed by atoms with Crippen molar-refractivity contribution in [2.24, 2.45) is 5.92 Å². The molecule has 4 rings (SSSR count). The Morgan fingerprint density at radius 3 is 2.66 bits per heavy atom. The summed E-state index contributed by atoms with van der Waals surface area (Å²) < 4.78 is 38.7. The van der Waals surface area contributed by atoms with Gasteiger partial charge >= 0.3 is 0 Å². The van der Waals surface area contributed by atoms with Crippen molar-refractivity contribution >= 4 is 55.9 Å². The van der Waals surface area contributed by atoms with Gasteiger partial charge in [-0.05, 0) is 50.1 Å². The molecule has 1 aromatic carbocycles. The van der Waals surface area contributed by atoms with E-state index in [0.29, 0.717) is 37.6 Å². The summed E-state index contributed by atoms with van der Waals surface area (Å²) in [7, 11) is -3.20. The van der Waals surface area contributed by atoms with E-state index in [1.54, 1.807) is 30.8 Å². The molecule has 172 valence electrons. The topological polar surface area (TPSA) is 82.6 Å². The summed E-state index contributed by atoms with van der Waals surface area (Å²) >= 11 is 3.06. The largest absolute Gasteiger partial charge is 0.332 e. The van der Waals surface area contributed by atoms with Gasteiger partial charge in [0.05, 0.1) is 16.5 Å². The highest BCUT2D eigenvalue weighted by molar-refractivity contribution is 8.03. The lowest BCUT2D eigenvalue weighted by Crippen LogP contribution is -2.43. The molecule has 2 aromatic rings. The van der Waals surface area contributed by atoms with Gasteiger partial charge in [0, 0.05) is 42.4 Å². The molecule has 2 saturated heterocycles. The van der Waals surface area contributed by atoms with Crippen LogP contribution < -0.4 is 5.32 Å². The van der Waals surface area contributed by atoms with Gasteiger partial charge in [-0.25, -0.2) is 22.1 Å². The Bertz CT molecular complexity index is 1090. The highest BCUT2D eigenvalue weighted by atomic mass is 32.2. The number of benzene rings is 1. The molecule has 0 bridgehead atoms. The minimum Gasteiger partial charge on any atom is -0.332 e. The van der Waals surface area contributed by atoms with Gasteiger partial charge in [0.2, 0.25) is 15.9 Å². The number of thioether (sulfide) groups is 1. The standard InChI is InChI=1S/C21H25FN4O3S3/c1-2-32(28,29)25-9-7-15(8-10-25)20(27)26-11-12-30-19(26)13-18-14-31-21(24-18)23-17-5-3-16(22)4-6-17/h3-6,13-15H,2,7-12H2,1H3,(H,23,24)/b19-13+. The molecule has 0 saturated carbocycles. The van der Waals surface area contributed by atoms with Gasteiger partial charge < -0.3 is 10.2 Å². The summed E-state index contributed by atoms with van der Waals surface area (Å²) in [5.74, 6) is 0.528. The van der Waals surface area contributed by atoms with Crippen LogP contribution in [0.5, 0.6) is 0 Å². The molecule has 0 unspecified atom stereocenters. The van der Waals surface area contributed by atoms with Gasteiger partial charge in [0.1, 0.15) is 5.82 Å². The van der Waals surface area contributed by atoms with Gasteiger partial charge in [-0.2, -0.15) is 0 Å². The van der Waals surface area contributed by atoms with Crippen LogP contribution in [-0.4, -0.2) is 59.7 Å². The molecule has 32 heavy (non-hydrogen) atoms. The SMILES string of the molecule is CCS(=O)(=O)N1CCC(C(=O)N2CCS/C2=C/c2csc(Nc3ccc(F)cc3)n2)CC1. The highest BCUT2D eigenvalue weighted by Gasteiger charge is 2.35. The van der Waals surface area contributed by atoms with Crippen LogP contribution in [0.1, 0.15) is 25.5 Å². The van der Waals surface area contributed by atoms with E-state index >= 15 is 0 Å². The zero-order valence-electron chi connectivity index (χ0n) is 17.7. The summed E-state index contributed by atoms with van der Waals surface area (Å²) in [6.07, 6.45) is 3.02. The number of hydrogen-bond acceptors (Lipinski definition) is 7. The number of aromatic nitrogens is 1. The molecular formula is C21H25FN4O3S3. The van der Waals surface area contributed by atoms with Crippen LogP contribution in [0.3, 0.4) is 0 Å². The van der Waals surface area contributed by atoms with E-state index < -0.39 is 10.0 Å². The normalized spacial score (nSPS) is 19.6. The first-order chi connectivity index (χ1) is 15.4. The number of amides is 1. The Hall–Kier alpha value is -1.95. The Kier molecular flexibility index (Phi) is 7.18. The predicted octanol–water partition coefficient (Wildman–Crippen LogP) is 3.96. The summed E-state index contributed by atoms with van der Waals surface area (Å²) in [6.45, 7) is 3.09. The molecule has 3 heterocycles. The van der Waals surface area contributed by atoms with E-state index in [-0.39, 0.29) is 23.4 Å². The van der Waals surface area contributed by atoms with Crippen LogP contribution in [0, 0.1) is 11.7 Å². The van der Waals surface area contributed by atoms with Crippen LogP contribution in [0.4, 0.5) is 15.2 Å². The van der Waals surface area contributed by atoms with Crippen LogP contribution in [0.15, 0.2) is 34.7 Å². The molecule has 0 spiro atoms. The molecule has 2 aliphatic heterocycles. The third-order valence-electron chi connectivity index (χ3n) is 5.55. The molecule has 1 aromatic heterocycles. The maximum absolute atomic E-state index is 13.1. The number of nitrogens with one attached hydrogen (secondary N) is 1. The number of carbonyl (C=O) groups is 1. The number of rotatable bonds is 6. The van der Waals surface area contributed by atoms with Crippen LogP contribution in [0.2, 0.25) is 0 Å². The molecule has 11 heteroatoms. The average Bonchev–Trinajstić information content (AvgIpc) is 3.44. The molecule has 7 nitrogen and oxygen atoms in total. The van der Waals surface area contributed by atoms with Crippen LogP contribution in [-0.2, 0) is 14.8 Å². The Balaban J connectivity index is 1.40. The monoisotopic (exact) mass is 496 g/mol. The van der Waals surface area contributed by atoms with Crippen molar-refractivity contribution in [2.75, 3.05) is 36.5 Å². The van der Waals surface area contributed by atoms with Gasteiger partial charge in [-0.1, -0.05) is 0 Å². The first-order valence-corrected chi connectivity index (χ1v) is 13.9. The van der Waals surface area contributed by atoms with Crippen molar-refractivity contribution in [3.63, 3.8) is 0 Å². The van der Waals surface area contributed by atoms with Crippen LogP contribution in [0.25, 0.3) is 6.08 Å². The lowest BCUT2D eigenvalue weighted by atomic mass is 9.96. The molecular weight excluding hydrogens is 471 g/mol. The van der Waals surface area contributed by atoms with Crippen molar-refractivity contribution in [3.8, 4) is 0 Å². The fourth-order valence-electron chi connectivity index (χ4n) is 3.74. The van der Waals surface area contributed by atoms with E-state index in [2.05, 4.69) is 10.3 Å². The van der Waals surface area contributed by atoms with Crippen molar-refractivity contribution in [1.82, 2.24) is 14.2 Å². The van der Waals surface area contributed by atoms with Crippen molar-refractivity contribution in [3.05, 3.63) is 46.2 Å². The number of piperidine rings is 1. The minimum absolute atomic E-state index is 0.0645. The maximum Gasteiger partial charge on any atom is 0.230 e. The molecule has 0 aliphatic carbocycles. The van der Waals surface area contributed by atoms with E-state index in [4.69, 9.17) is 0 Å². The van der Waals surface area contributed by atoms with Gasteiger partial charge in [-0.3, -0.25) is 4.79 Å². The van der Waals surface area contributed by atoms with Crippen LogP contribution >= 0.6 is 23.1 Å². The van der Waals surface area contributed by atoms with Gasteiger partial charge in [-0.15, -0.1) is 23.1 Å². The zero-order valence-corrected chi connectivity index (χ0v) is 20.1. The molecule has 0 radical (unpaired) electrons. The molecule has 0 atom stereocenters. The minimum atomic E-state index is -3.20. The summed E-state index contributed by atoms with van der Waals surface area (Å²) in [4.78, 5) is 19.5. The number of thiazole rings is 1. The third kappa shape index (κ3) is 5.33. The smallest absolute Gasteiger partial charge is 0.230 e. The summed E-state index contributed by atoms with van der Waals surface area (Å²) in [6, 6.07) is 6.08. The van der Waals surface area contributed by atoms with E-state index in [1.807, 2.05) is 16.4 Å². The fraction of sp³-hybridized carbons (Fsp3) is 0.429. The Morgan fingerprint density at radius 1 is 1.25 bits per heavy atom. The number of carbonyl (C=O) groups excluding carboxylic acids is 1. The summed E-state index contributed by atoms with van der Waals surface area (Å²) in [5, 5.41) is 6.63. The van der Waals surface area contributed by atoms with E-state index in [9.17, 15) is 17.6 Å². The molecule has 2 aliphatic rings. The van der Waals surface area contributed by atoms with Crippen molar-refractivity contribution < 1.29 is 17.6 Å². The number of nitrogens with zero attached hydrogens (tertiary/aromatic N) is 3. The maximum atomic E-state index is 13.1. The number of halogens is 1. The van der Waals surface area contributed by atoms with E-state index in [1.165, 1.54) is 27.8 Å². The lowest BCUT2D eigenvalue weighted by molar-refractivity contribution is -0.133. The average molecular weight is 497 g/mol. The first kappa shape index (κ1) is 23.2. The molecule has 2 fully saturated rings. The van der Waals surface area contributed by atoms with Gasteiger partial charge in [0.25, 0.3) is 0 Å². The number of sulfonamides is 1. The van der Waals surface area contributed by atoms with Crippen molar-refractivity contribution in [2.45, 2.75) is 19.8 Å². The zero-order chi connectivity index (χ0) is 22.7. The Labute approximate surface area is 195 Å². The summed E-state index contributed by atoms with van der Waals surface area (Å²) in [5.41, 5.74) is 1.51. The predicted molar refractivity (Wildman–Crippen MR) is 128 cm³/mol. The molecule has 1 N–H and O–H groups in total. The second kappa shape index (κ2) is 9.90. The quantitative estimate of drug-likeness (QED) is 0.652. The first-order valence-electron chi connectivity index (χ1n) is 10.5. The number of anilines is 2. The van der Waals surface area contributed by atoms with Crippen molar-refractivity contribution in [1.29, 1.82) is 0 Å². The second-order valence-corrected chi connectivity index (χ2v) is 11.8. The lowest BCUT2D eigenvalue weighted by Gasteiger charge is -2.32. The molecule has 1 amide bonds. The highest BCUT2D eigenvalue weighted by Crippen LogP contribution is 2.34. The number of hydrogen-bond donors (Lipinski definition) is 1. The fourth-order valence-corrected chi connectivity index (χ4v) is 6.59. The van der Waals surface area contributed by atoms with E-state index in [0.717, 1.165) is 22.2 Å². The Morgan fingerprint density at radius 2 is 1.97 bits per heavy atom. The third-order valence-corrected chi connectivity index (χ3v) is 9.23. The second-order valence-electron chi connectivity index (χ2n) is 7.60. The van der Waals surface area contributed by atoms with Gasteiger partial charge in [0.15, 0.2) is 5.13 Å².